The number of aliphatic imine (C=N–C) groups is 2. The van der Waals surface area contributed by atoms with Crippen molar-refractivity contribution in [3.63, 3.8) is 0 Å². The summed E-state index contributed by atoms with van der Waals surface area (Å²) in [5.74, 6) is -2.52. The Morgan fingerprint density at radius 1 is 0.592 bits per heavy atom. The van der Waals surface area contributed by atoms with Crippen molar-refractivity contribution < 1.29 is 19.5 Å². The van der Waals surface area contributed by atoms with Gasteiger partial charge in [0.05, 0.1) is 24.7 Å². The number of nitrogens with zero attached hydrogens (tertiary/aromatic N) is 2. The Morgan fingerprint density at radius 3 is 1.47 bits per heavy atom. The van der Waals surface area contributed by atoms with Crippen molar-refractivity contribution in [1.29, 1.82) is 0 Å². The largest absolute Gasteiger partial charge is 0.481 e. The second kappa shape index (κ2) is 27.3. The molecule has 0 saturated carbocycles. The Balaban J connectivity index is 4.67. The third-order valence-electron chi connectivity index (χ3n) is 9.31. The summed E-state index contributed by atoms with van der Waals surface area (Å²) in [6.45, 7) is 11.7. The first kappa shape index (κ1) is 46.5. The predicted molar refractivity (Wildman–Crippen MR) is 202 cm³/mol. The van der Waals surface area contributed by atoms with Crippen LogP contribution in [0, 0.1) is 17.8 Å². The maximum atomic E-state index is 12.8. The van der Waals surface area contributed by atoms with E-state index in [0.717, 1.165) is 51.4 Å². The third-order valence-corrected chi connectivity index (χ3v) is 9.31. The van der Waals surface area contributed by atoms with E-state index in [1.807, 2.05) is 26.3 Å². The lowest BCUT2D eigenvalue weighted by Crippen LogP contribution is -2.43. The van der Waals surface area contributed by atoms with Crippen molar-refractivity contribution in [2.75, 3.05) is 6.67 Å². The fraction of sp³-hybridized carbons (Fsp3) is 0.861. The number of aliphatic carboxylic acids is 1. The van der Waals surface area contributed by atoms with Gasteiger partial charge < -0.3 is 44.4 Å². The van der Waals surface area contributed by atoms with Crippen molar-refractivity contribution in [3.8, 4) is 0 Å². The molecule has 13 nitrogen and oxygen atoms in total. The smallest absolute Gasteiger partial charge is 0.306 e. The molecule has 0 aromatic carbocycles. The van der Waals surface area contributed by atoms with E-state index >= 15 is 0 Å². The first-order valence-corrected chi connectivity index (χ1v) is 18.8. The zero-order valence-corrected chi connectivity index (χ0v) is 31.5. The fourth-order valence-electron chi connectivity index (χ4n) is 5.85. The van der Waals surface area contributed by atoms with Crippen molar-refractivity contribution in [2.45, 2.75) is 174 Å². The summed E-state index contributed by atoms with van der Waals surface area (Å²) in [7, 11) is 0. The average Bonchev–Trinajstić information content (AvgIpc) is 3.05. The Labute approximate surface area is 296 Å². The molecule has 0 radical (unpaired) electrons. The summed E-state index contributed by atoms with van der Waals surface area (Å²) in [4.78, 5) is 46.2. The van der Waals surface area contributed by atoms with Gasteiger partial charge >= 0.3 is 5.97 Å². The molecule has 0 aliphatic carbocycles. The molecular weight excluding hydrogens is 622 g/mol. The monoisotopic (exact) mass is 696 g/mol. The molecule has 10 unspecified atom stereocenters. The average molecular weight is 696 g/mol. The lowest BCUT2D eigenvalue weighted by molar-refractivity contribution is -0.142. The van der Waals surface area contributed by atoms with Crippen LogP contribution >= 0.6 is 0 Å². The van der Waals surface area contributed by atoms with Gasteiger partial charge in [0.25, 0.3) is 0 Å². The minimum atomic E-state index is -0.860. The quantitative estimate of drug-likeness (QED) is 0.0324. The molecule has 0 spiro atoms. The molecule has 13 N–H and O–H groups in total. The first-order chi connectivity index (χ1) is 23.2. The highest BCUT2D eigenvalue weighted by molar-refractivity contribution is 5.80. The molecule has 286 valence electrons. The molecule has 0 aliphatic rings. The van der Waals surface area contributed by atoms with Crippen LogP contribution in [0.4, 0.5) is 0 Å². The van der Waals surface area contributed by atoms with Crippen molar-refractivity contribution >= 4 is 30.2 Å². The van der Waals surface area contributed by atoms with Gasteiger partial charge in [-0.05, 0) is 102 Å². The van der Waals surface area contributed by atoms with E-state index in [2.05, 4.69) is 31.4 Å². The first-order valence-electron chi connectivity index (χ1n) is 18.8. The second-order valence-corrected chi connectivity index (χ2v) is 14.1. The summed E-state index contributed by atoms with van der Waals surface area (Å²) in [5.41, 5.74) is 31.2. The van der Waals surface area contributed by atoms with Gasteiger partial charge in [-0.2, -0.15) is 0 Å². The van der Waals surface area contributed by atoms with Crippen LogP contribution in [0.25, 0.3) is 0 Å². The number of carbonyl (C=O) groups is 3. The van der Waals surface area contributed by atoms with Crippen LogP contribution in [0.1, 0.15) is 131 Å². The van der Waals surface area contributed by atoms with E-state index in [1.54, 1.807) is 6.92 Å². The van der Waals surface area contributed by atoms with Gasteiger partial charge in [0.1, 0.15) is 0 Å². The molecule has 13 heteroatoms. The molecule has 0 aromatic rings. The summed E-state index contributed by atoms with van der Waals surface area (Å²) in [6, 6.07) is -0.416. The summed E-state index contributed by atoms with van der Waals surface area (Å²) >= 11 is 0. The number of carbonyl (C=O) groups excluding carboxylic acids is 2. The number of hydrogen-bond donors (Lipinski definition) is 8. The molecule has 0 saturated heterocycles. The van der Waals surface area contributed by atoms with E-state index in [4.69, 9.17) is 38.7 Å². The maximum absolute atomic E-state index is 12.8. The molecule has 0 rings (SSSR count). The van der Waals surface area contributed by atoms with Crippen molar-refractivity contribution in [2.24, 2.45) is 56.4 Å². The number of amides is 2. The number of nitrogens with two attached hydrogens (primary N) is 5. The van der Waals surface area contributed by atoms with Gasteiger partial charge in [-0.25, -0.2) is 0 Å². The molecule has 0 bridgehead atoms. The van der Waals surface area contributed by atoms with Gasteiger partial charge in [0.2, 0.25) is 11.8 Å². The highest BCUT2D eigenvalue weighted by Gasteiger charge is 2.24. The normalized spacial score (nSPS) is 18.3. The minimum absolute atomic E-state index is 0.00148. The third kappa shape index (κ3) is 22.8. The second-order valence-electron chi connectivity index (χ2n) is 14.1. The van der Waals surface area contributed by atoms with Crippen LogP contribution in [0.3, 0.4) is 0 Å². The van der Waals surface area contributed by atoms with Gasteiger partial charge in [0, 0.05) is 42.0 Å². The van der Waals surface area contributed by atoms with E-state index in [1.165, 1.54) is 0 Å². The number of unbranched alkanes of at least 4 members (excludes halogenated alkanes) is 2. The Hall–Kier alpha value is -2.45. The van der Waals surface area contributed by atoms with Crippen LogP contribution < -0.4 is 39.3 Å². The number of hydrogen-bond acceptors (Lipinski definition) is 10. The summed E-state index contributed by atoms with van der Waals surface area (Å²) in [6.07, 6.45) is 14.0. The summed E-state index contributed by atoms with van der Waals surface area (Å²) in [5, 5.41) is 14.8. The van der Waals surface area contributed by atoms with Gasteiger partial charge in [0.15, 0.2) is 0 Å². The van der Waals surface area contributed by atoms with Crippen LogP contribution in [-0.4, -0.2) is 84.3 Å². The van der Waals surface area contributed by atoms with E-state index in [0.29, 0.717) is 38.5 Å². The number of carboxylic acid groups (broad SMARTS) is 1. The number of nitrogens with one attached hydrogen (secondary N) is 2. The zero-order valence-electron chi connectivity index (χ0n) is 31.5. The van der Waals surface area contributed by atoms with Gasteiger partial charge in [-0.3, -0.25) is 24.4 Å². The molecule has 2 amide bonds. The predicted octanol–water partition coefficient (Wildman–Crippen LogP) is 3.21. The minimum Gasteiger partial charge on any atom is -0.481 e. The lowest BCUT2D eigenvalue weighted by Gasteiger charge is -2.23. The van der Waals surface area contributed by atoms with Crippen LogP contribution in [0.5, 0.6) is 0 Å². The van der Waals surface area contributed by atoms with Crippen molar-refractivity contribution in [1.82, 2.24) is 10.6 Å². The highest BCUT2D eigenvalue weighted by Crippen LogP contribution is 2.17. The SMILES string of the molecule is CCC(N)CC(CC)N=CCCCC=NC(CC(N)CC)CC(N)CC(C)C(=O)NCNC(=O)C(C)CC(N)CC(N)CC(CC)C(=O)O. The van der Waals surface area contributed by atoms with Crippen molar-refractivity contribution in [3.05, 3.63) is 0 Å². The molecule has 0 aliphatic heterocycles. The molecule has 10 atom stereocenters. The Morgan fingerprint density at radius 2 is 1.02 bits per heavy atom. The van der Waals surface area contributed by atoms with E-state index < -0.39 is 17.8 Å². The maximum Gasteiger partial charge on any atom is 0.306 e. The molecular formula is C36H73N9O4. The van der Waals surface area contributed by atoms with Crippen LogP contribution in [0.15, 0.2) is 9.98 Å². The molecule has 0 fully saturated rings. The van der Waals surface area contributed by atoms with Gasteiger partial charge in [-0.15, -0.1) is 0 Å². The topological polar surface area (TPSA) is 250 Å². The van der Waals surface area contributed by atoms with E-state index in [9.17, 15) is 19.5 Å². The number of rotatable bonds is 29. The van der Waals surface area contributed by atoms with Crippen LogP contribution in [0.2, 0.25) is 0 Å². The standard InChI is InChI=1S/C36H73N9O4/c1-7-26(36(48)49)18-31(41)19-29(39)16-24(5)34(46)44-23-45-35(47)25(6)17-30(40)22-33(21-28(38)9-3)43-15-13-11-12-14-42-32(10-4)20-27(37)8-2/h14-15,24-33H,7-13,16-23,37-41H2,1-6H3,(H,44,46)(H,45,47)(H,48,49). The lowest BCUT2D eigenvalue weighted by atomic mass is 9.91. The Bertz CT molecular complexity index is 967. The highest BCUT2D eigenvalue weighted by atomic mass is 16.4. The Kier molecular flexibility index (Phi) is 25.9. The molecule has 49 heavy (non-hydrogen) atoms. The van der Waals surface area contributed by atoms with Gasteiger partial charge in [-0.1, -0.05) is 41.5 Å². The zero-order chi connectivity index (χ0) is 37.4. The van der Waals surface area contributed by atoms with E-state index in [-0.39, 0.29) is 66.7 Å². The summed E-state index contributed by atoms with van der Waals surface area (Å²) < 4.78 is 0. The molecule has 0 heterocycles. The van der Waals surface area contributed by atoms with Crippen LogP contribution in [-0.2, 0) is 14.4 Å². The molecule has 0 aromatic heterocycles. The fourth-order valence-corrected chi connectivity index (χ4v) is 5.85. The number of carboxylic acids is 1.